The van der Waals surface area contributed by atoms with E-state index in [0.717, 1.165) is 12.8 Å². The van der Waals surface area contributed by atoms with Crippen LogP contribution >= 0.6 is 0 Å². The molecule has 106 valence electrons. The predicted octanol–water partition coefficient (Wildman–Crippen LogP) is 1.36. The number of nitrogens with one attached hydrogen (secondary N) is 2. The molecular formula is C12H24N2O4. The number of unbranched alkanes of at least 4 members (excludes halogenated alkanes) is 2. The average molecular weight is 260 g/mol. The molecular weight excluding hydrogens is 236 g/mol. The van der Waals surface area contributed by atoms with Gasteiger partial charge in [-0.3, -0.25) is 0 Å². The minimum absolute atomic E-state index is 0.150. The first-order valence-corrected chi connectivity index (χ1v) is 6.40. The minimum atomic E-state index is -1.01. The van der Waals surface area contributed by atoms with Crippen molar-refractivity contribution in [2.24, 2.45) is 0 Å². The summed E-state index contributed by atoms with van der Waals surface area (Å²) >= 11 is 0. The van der Waals surface area contributed by atoms with Gasteiger partial charge in [0.25, 0.3) is 0 Å². The van der Waals surface area contributed by atoms with E-state index in [-0.39, 0.29) is 25.3 Å². The van der Waals surface area contributed by atoms with E-state index in [0.29, 0.717) is 6.54 Å². The third-order valence-corrected chi connectivity index (χ3v) is 2.38. The summed E-state index contributed by atoms with van der Waals surface area (Å²) in [5.74, 6) is -1.01. The molecule has 6 heteroatoms. The number of aliphatic carboxylic acids is 1. The van der Waals surface area contributed by atoms with Crippen LogP contribution in [-0.4, -0.2) is 42.9 Å². The lowest BCUT2D eigenvalue weighted by Gasteiger charge is -2.14. The molecule has 2 amide bonds. The maximum absolute atomic E-state index is 11.4. The number of amides is 2. The second-order valence-electron chi connectivity index (χ2n) is 4.24. The van der Waals surface area contributed by atoms with Crippen molar-refractivity contribution >= 4 is 12.0 Å². The first-order chi connectivity index (χ1) is 8.56. The molecule has 0 heterocycles. The Hall–Kier alpha value is -1.30. The standard InChI is InChI=1S/C12H24N2O4/c1-3-4-5-6-10(2)14-12(17)13-7-8-18-9-11(15)16/h10H,3-9H2,1-2H3,(H,15,16)(H2,13,14,17). The minimum Gasteiger partial charge on any atom is -0.480 e. The summed E-state index contributed by atoms with van der Waals surface area (Å²) in [6, 6.07) is -0.0885. The molecule has 0 rings (SSSR count). The van der Waals surface area contributed by atoms with Gasteiger partial charge in [-0.15, -0.1) is 0 Å². The van der Waals surface area contributed by atoms with Gasteiger partial charge in [-0.05, 0) is 13.3 Å². The SMILES string of the molecule is CCCCCC(C)NC(=O)NCCOCC(=O)O. The summed E-state index contributed by atoms with van der Waals surface area (Å²) in [5.41, 5.74) is 0. The fraction of sp³-hybridized carbons (Fsp3) is 0.833. The summed E-state index contributed by atoms with van der Waals surface area (Å²) in [6.07, 6.45) is 4.42. The van der Waals surface area contributed by atoms with Crippen LogP contribution in [0.25, 0.3) is 0 Å². The molecule has 6 nitrogen and oxygen atoms in total. The quantitative estimate of drug-likeness (QED) is 0.517. The zero-order chi connectivity index (χ0) is 13.8. The van der Waals surface area contributed by atoms with Crippen LogP contribution in [-0.2, 0) is 9.53 Å². The molecule has 3 N–H and O–H groups in total. The Labute approximate surface area is 108 Å². The van der Waals surface area contributed by atoms with E-state index < -0.39 is 5.97 Å². The van der Waals surface area contributed by atoms with E-state index >= 15 is 0 Å². The Kier molecular flexibility index (Phi) is 10.0. The van der Waals surface area contributed by atoms with Crippen molar-refractivity contribution in [2.45, 2.75) is 45.6 Å². The third-order valence-electron chi connectivity index (χ3n) is 2.38. The molecule has 0 aliphatic carbocycles. The van der Waals surface area contributed by atoms with Gasteiger partial charge < -0.3 is 20.5 Å². The average Bonchev–Trinajstić information content (AvgIpc) is 2.28. The molecule has 1 unspecified atom stereocenters. The second kappa shape index (κ2) is 10.8. The number of carboxylic acid groups (broad SMARTS) is 1. The first-order valence-electron chi connectivity index (χ1n) is 6.40. The maximum Gasteiger partial charge on any atom is 0.329 e. The highest BCUT2D eigenvalue weighted by molar-refractivity contribution is 5.74. The summed E-state index contributed by atoms with van der Waals surface area (Å²) in [6.45, 7) is 4.28. The topological polar surface area (TPSA) is 87.7 Å². The van der Waals surface area contributed by atoms with Crippen molar-refractivity contribution in [3.63, 3.8) is 0 Å². The van der Waals surface area contributed by atoms with Crippen molar-refractivity contribution in [1.29, 1.82) is 0 Å². The van der Waals surface area contributed by atoms with Crippen LogP contribution in [0.2, 0.25) is 0 Å². The highest BCUT2D eigenvalue weighted by atomic mass is 16.5. The zero-order valence-corrected chi connectivity index (χ0v) is 11.2. The molecule has 18 heavy (non-hydrogen) atoms. The van der Waals surface area contributed by atoms with Crippen molar-refractivity contribution < 1.29 is 19.4 Å². The van der Waals surface area contributed by atoms with Gasteiger partial charge >= 0.3 is 12.0 Å². The van der Waals surface area contributed by atoms with Crippen LogP contribution in [0.3, 0.4) is 0 Å². The number of carboxylic acids is 1. The van der Waals surface area contributed by atoms with Gasteiger partial charge in [-0.25, -0.2) is 9.59 Å². The molecule has 1 atom stereocenters. The van der Waals surface area contributed by atoms with Crippen molar-refractivity contribution in [1.82, 2.24) is 10.6 Å². The normalized spacial score (nSPS) is 11.9. The van der Waals surface area contributed by atoms with E-state index in [2.05, 4.69) is 17.6 Å². The molecule has 0 radical (unpaired) electrons. The highest BCUT2D eigenvalue weighted by Crippen LogP contribution is 2.02. The molecule has 0 aromatic rings. The lowest BCUT2D eigenvalue weighted by atomic mass is 10.1. The summed E-state index contributed by atoms with van der Waals surface area (Å²) in [7, 11) is 0. The van der Waals surface area contributed by atoms with Crippen molar-refractivity contribution in [3.05, 3.63) is 0 Å². The predicted molar refractivity (Wildman–Crippen MR) is 68.6 cm³/mol. The third kappa shape index (κ3) is 11.2. The molecule has 0 aromatic carbocycles. The number of hydrogen-bond donors (Lipinski definition) is 3. The number of carbonyl (C=O) groups is 2. The van der Waals surface area contributed by atoms with Gasteiger partial charge in [0.15, 0.2) is 0 Å². The van der Waals surface area contributed by atoms with Crippen LogP contribution in [0.15, 0.2) is 0 Å². The largest absolute Gasteiger partial charge is 0.480 e. The van der Waals surface area contributed by atoms with E-state index in [1.54, 1.807) is 0 Å². The fourth-order valence-electron chi connectivity index (χ4n) is 1.44. The first kappa shape index (κ1) is 16.7. The summed E-state index contributed by atoms with van der Waals surface area (Å²) in [5, 5.41) is 13.7. The fourth-order valence-corrected chi connectivity index (χ4v) is 1.44. The number of rotatable bonds is 10. The smallest absolute Gasteiger partial charge is 0.329 e. The molecule has 0 bridgehead atoms. The molecule has 0 aromatic heterocycles. The molecule has 0 aliphatic heterocycles. The van der Waals surface area contributed by atoms with Crippen LogP contribution < -0.4 is 10.6 Å². The molecule has 0 saturated carbocycles. The van der Waals surface area contributed by atoms with E-state index in [1.807, 2.05) is 6.92 Å². The summed E-state index contributed by atoms with van der Waals surface area (Å²) in [4.78, 5) is 21.5. The highest BCUT2D eigenvalue weighted by Gasteiger charge is 2.06. The van der Waals surface area contributed by atoms with Gasteiger partial charge in [-0.2, -0.15) is 0 Å². The molecule has 0 fully saturated rings. The molecule has 0 saturated heterocycles. The Morgan fingerprint density at radius 3 is 2.67 bits per heavy atom. The van der Waals surface area contributed by atoms with E-state index in [4.69, 9.17) is 9.84 Å². The zero-order valence-electron chi connectivity index (χ0n) is 11.2. The van der Waals surface area contributed by atoms with Crippen LogP contribution in [0.5, 0.6) is 0 Å². The Morgan fingerprint density at radius 1 is 1.33 bits per heavy atom. The maximum atomic E-state index is 11.4. The van der Waals surface area contributed by atoms with Crippen molar-refractivity contribution in [2.75, 3.05) is 19.8 Å². The Balaban J connectivity index is 3.43. The molecule has 0 aliphatic rings. The van der Waals surface area contributed by atoms with Crippen LogP contribution in [0, 0.1) is 0 Å². The summed E-state index contributed by atoms with van der Waals surface area (Å²) < 4.78 is 4.79. The molecule has 0 spiro atoms. The Morgan fingerprint density at radius 2 is 2.06 bits per heavy atom. The van der Waals surface area contributed by atoms with Crippen LogP contribution in [0.4, 0.5) is 4.79 Å². The Bertz CT molecular complexity index is 246. The van der Waals surface area contributed by atoms with Crippen LogP contribution in [0.1, 0.15) is 39.5 Å². The second-order valence-corrected chi connectivity index (χ2v) is 4.24. The van der Waals surface area contributed by atoms with Gasteiger partial charge in [-0.1, -0.05) is 26.2 Å². The lowest BCUT2D eigenvalue weighted by Crippen LogP contribution is -2.42. The number of urea groups is 1. The van der Waals surface area contributed by atoms with E-state index in [1.165, 1.54) is 12.8 Å². The van der Waals surface area contributed by atoms with E-state index in [9.17, 15) is 9.59 Å². The number of hydrogen-bond acceptors (Lipinski definition) is 3. The van der Waals surface area contributed by atoms with Gasteiger partial charge in [0.1, 0.15) is 6.61 Å². The van der Waals surface area contributed by atoms with Gasteiger partial charge in [0.2, 0.25) is 0 Å². The lowest BCUT2D eigenvalue weighted by molar-refractivity contribution is -0.142. The number of carbonyl (C=O) groups excluding carboxylic acids is 1. The van der Waals surface area contributed by atoms with Crippen molar-refractivity contribution in [3.8, 4) is 0 Å². The monoisotopic (exact) mass is 260 g/mol. The van der Waals surface area contributed by atoms with Gasteiger partial charge in [0, 0.05) is 12.6 Å². The number of ether oxygens (including phenoxy) is 1. The van der Waals surface area contributed by atoms with Gasteiger partial charge in [0.05, 0.1) is 6.61 Å².